The van der Waals surface area contributed by atoms with Gasteiger partial charge in [0, 0.05) is 50.7 Å². The van der Waals surface area contributed by atoms with Gasteiger partial charge in [-0.2, -0.15) is 0 Å². The number of nitrogens with one attached hydrogen (secondary N) is 2. The van der Waals surface area contributed by atoms with E-state index in [1.807, 2.05) is 60.1 Å². The fourth-order valence-corrected chi connectivity index (χ4v) is 6.79. The van der Waals surface area contributed by atoms with Crippen LogP contribution in [0.5, 0.6) is 0 Å². The summed E-state index contributed by atoms with van der Waals surface area (Å²) in [5.74, 6) is 0.736. The van der Waals surface area contributed by atoms with Crippen LogP contribution in [0.15, 0.2) is 84.3 Å². The molecule has 0 spiro atoms. The number of carbonyl (C=O) groups excluding carboxylic acids is 2. The number of hydrogen-bond donors (Lipinski definition) is 3. The number of unbranched alkanes of at least 4 members (excludes halogenated alkanes) is 2. The van der Waals surface area contributed by atoms with Crippen LogP contribution in [0.4, 0.5) is 0 Å². The molecule has 11 heteroatoms. The summed E-state index contributed by atoms with van der Waals surface area (Å²) in [6.07, 6.45) is 3.78. The minimum absolute atomic E-state index is 0.00739. The van der Waals surface area contributed by atoms with E-state index in [-0.39, 0.29) is 36.5 Å². The number of aromatic nitrogens is 3. The van der Waals surface area contributed by atoms with Crippen LogP contribution in [0.3, 0.4) is 0 Å². The number of thioether (sulfide) groups is 1. The summed E-state index contributed by atoms with van der Waals surface area (Å²) in [6, 6.07) is 24.3. The van der Waals surface area contributed by atoms with Crippen LogP contribution in [0.25, 0.3) is 11.1 Å². The number of aliphatic hydroxyl groups is 1. The standard InChI is InChI=1S/C37H45N5O5S/c1-25-33(23-48-37-41-40-24-42(37)3)46-36(47-35(25)29-16-14-27(22-43)15-17-29)32-12-8-11-31(20-32)30-10-7-9-28(19-30)21-39-34(45)13-5-4-6-18-38-26(2)44/h7-12,14-17,19-20,24-25,33,35-36,43H,4-6,13,18,21-23H2,1-3H3,(H,38,44)(H,39,45)/t25-,33+,35+,36+/m0/s1. The Morgan fingerprint density at radius 1 is 0.917 bits per heavy atom. The van der Waals surface area contributed by atoms with Crippen LogP contribution >= 0.6 is 11.8 Å². The Labute approximate surface area is 286 Å². The third-order valence-corrected chi connectivity index (χ3v) is 9.66. The molecule has 1 fully saturated rings. The van der Waals surface area contributed by atoms with E-state index in [1.165, 1.54) is 6.92 Å². The topological polar surface area (TPSA) is 128 Å². The lowest BCUT2D eigenvalue weighted by molar-refractivity contribution is -0.268. The van der Waals surface area contributed by atoms with Crippen molar-refractivity contribution in [1.29, 1.82) is 0 Å². The molecular formula is C37H45N5O5S. The van der Waals surface area contributed by atoms with Crippen LogP contribution in [0, 0.1) is 5.92 Å². The molecule has 0 bridgehead atoms. The molecule has 3 aromatic carbocycles. The van der Waals surface area contributed by atoms with E-state index in [4.69, 9.17) is 9.47 Å². The number of benzene rings is 3. The van der Waals surface area contributed by atoms with Gasteiger partial charge in [-0.3, -0.25) is 9.59 Å². The molecule has 1 aromatic heterocycles. The van der Waals surface area contributed by atoms with Crippen molar-refractivity contribution >= 4 is 23.6 Å². The Hall–Kier alpha value is -4.03. The molecule has 1 saturated heterocycles. The molecular weight excluding hydrogens is 627 g/mol. The Bertz CT molecular complexity index is 1650. The molecule has 2 amide bonds. The zero-order chi connectivity index (χ0) is 33.9. The fourth-order valence-electron chi connectivity index (χ4n) is 5.74. The number of aliphatic hydroxyl groups excluding tert-OH is 1. The Balaban J connectivity index is 1.26. The average Bonchev–Trinajstić information content (AvgIpc) is 3.52. The van der Waals surface area contributed by atoms with E-state index in [1.54, 1.807) is 18.1 Å². The first kappa shape index (κ1) is 35.3. The summed E-state index contributed by atoms with van der Waals surface area (Å²) in [6.45, 7) is 4.75. The highest BCUT2D eigenvalue weighted by atomic mass is 32.2. The first-order chi connectivity index (χ1) is 23.3. The summed E-state index contributed by atoms with van der Waals surface area (Å²) in [5, 5.41) is 24.5. The highest BCUT2D eigenvalue weighted by Crippen LogP contribution is 2.43. The van der Waals surface area contributed by atoms with Gasteiger partial charge in [-0.25, -0.2) is 0 Å². The van der Waals surface area contributed by atoms with Crippen molar-refractivity contribution in [3.8, 4) is 11.1 Å². The summed E-state index contributed by atoms with van der Waals surface area (Å²) >= 11 is 1.61. The Morgan fingerprint density at radius 2 is 1.69 bits per heavy atom. The second-order valence-electron chi connectivity index (χ2n) is 12.3. The van der Waals surface area contributed by atoms with Gasteiger partial charge in [-0.05, 0) is 52.8 Å². The third-order valence-electron chi connectivity index (χ3n) is 8.53. The van der Waals surface area contributed by atoms with E-state index in [0.717, 1.165) is 57.8 Å². The molecule has 4 aromatic rings. The fraction of sp³-hybridized carbons (Fsp3) is 0.405. The molecule has 4 atom stereocenters. The number of rotatable bonds is 15. The Kier molecular flexibility index (Phi) is 12.8. The quantitative estimate of drug-likeness (QED) is 0.106. The van der Waals surface area contributed by atoms with E-state index < -0.39 is 6.29 Å². The molecule has 0 radical (unpaired) electrons. The first-order valence-electron chi connectivity index (χ1n) is 16.5. The lowest BCUT2D eigenvalue weighted by Gasteiger charge is -2.41. The highest BCUT2D eigenvalue weighted by Gasteiger charge is 2.38. The average molecular weight is 672 g/mol. The Morgan fingerprint density at radius 3 is 2.42 bits per heavy atom. The van der Waals surface area contributed by atoms with Crippen LogP contribution < -0.4 is 10.6 Å². The first-order valence-corrected chi connectivity index (χ1v) is 17.5. The minimum Gasteiger partial charge on any atom is -0.392 e. The number of aryl methyl sites for hydroxylation is 1. The van der Waals surface area contributed by atoms with Gasteiger partial charge >= 0.3 is 0 Å². The van der Waals surface area contributed by atoms with Gasteiger partial charge in [-0.15, -0.1) is 10.2 Å². The lowest BCUT2D eigenvalue weighted by atomic mass is 9.91. The summed E-state index contributed by atoms with van der Waals surface area (Å²) in [5.41, 5.74) is 5.90. The molecule has 0 unspecified atom stereocenters. The monoisotopic (exact) mass is 671 g/mol. The molecule has 3 N–H and O–H groups in total. The van der Waals surface area contributed by atoms with Crippen molar-refractivity contribution in [2.24, 2.45) is 13.0 Å². The maximum absolute atomic E-state index is 12.4. The molecule has 1 aliphatic rings. The maximum Gasteiger partial charge on any atom is 0.220 e. The largest absolute Gasteiger partial charge is 0.392 e. The van der Waals surface area contributed by atoms with Gasteiger partial charge < -0.3 is 29.8 Å². The molecule has 10 nitrogen and oxygen atoms in total. The molecule has 254 valence electrons. The molecule has 2 heterocycles. The SMILES string of the molecule is CC(=O)NCCCCCC(=O)NCc1cccc(-c2cccc([C@@H]3O[C@H](CSc4nncn4C)[C@H](C)[C@H](c4ccc(CO)cc4)O3)c2)c1. The van der Waals surface area contributed by atoms with E-state index >= 15 is 0 Å². The number of hydrogen-bond acceptors (Lipinski definition) is 8. The van der Waals surface area contributed by atoms with Crippen molar-refractivity contribution < 1.29 is 24.2 Å². The zero-order valence-electron chi connectivity index (χ0n) is 27.8. The van der Waals surface area contributed by atoms with Gasteiger partial charge in [0.15, 0.2) is 11.4 Å². The second-order valence-corrected chi connectivity index (χ2v) is 13.2. The van der Waals surface area contributed by atoms with E-state index in [9.17, 15) is 14.7 Å². The van der Waals surface area contributed by atoms with Crippen molar-refractivity contribution in [2.75, 3.05) is 12.3 Å². The van der Waals surface area contributed by atoms with Crippen molar-refractivity contribution in [2.45, 2.75) is 76.3 Å². The smallest absolute Gasteiger partial charge is 0.220 e. The van der Waals surface area contributed by atoms with Crippen molar-refractivity contribution in [3.63, 3.8) is 0 Å². The predicted molar refractivity (Wildman–Crippen MR) is 186 cm³/mol. The molecule has 48 heavy (non-hydrogen) atoms. The van der Waals surface area contributed by atoms with Crippen molar-refractivity contribution in [3.05, 3.63) is 101 Å². The maximum atomic E-state index is 12.4. The van der Waals surface area contributed by atoms with Gasteiger partial charge in [-0.1, -0.05) is 85.8 Å². The van der Waals surface area contributed by atoms with E-state index in [2.05, 4.69) is 52.0 Å². The van der Waals surface area contributed by atoms with Crippen LogP contribution in [-0.4, -0.2) is 50.1 Å². The molecule has 0 aliphatic carbocycles. The zero-order valence-corrected chi connectivity index (χ0v) is 28.6. The third kappa shape index (κ3) is 9.76. The van der Waals surface area contributed by atoms with Crippen LogP contribution in [0.2, 0.25) is 0 Å². The van der Waals surface area contributed by atoms with Gasteiger partial charge in [0.1, 0.15) is 6.33 Å². The molecule has 5 rings (SSSR count). The van der Waals surface area contributed by atoms with Crippen LogP contribution in [0.1, 0.15) is 74.2 Å². The number of ether oxygens (including phenoxy) is 2. The highest BCUT2D eigenvalue weighted by molar-refractivity contribution is 7.99. The van der Waals surface area contributed by atoms with Crippen LogP contribution in [-0.2, 0) is 39.3 Å². The van der Waals surface area contributed by atoms with E-state index in [0.29, 0.717) is 25.3 Å². The number of carbonyl (C=O) groups is 2. The summed E-state index contributed by atoms with van der Waals surface area (Å²) < 4.78 is 15.2. The molecule has 1 aliphatic heterocycles. The second kappa shape index (κ2) is 17.4. The number of amides is 2. The minimum atomic E-state index is -0.588. The lowest BCUT2D eigenvalue weighted by Crippen LogP contribution is -2.38. The van der Waals surface area contributed by atoms with Gasteiger partial charge in [0.2, 0.25) is 11.8 Å². The predicted octanol–water partition coefficient (Wildman–Crippen LogP) is 5.87. The van der Waals surface area contributed by atoms with Gasteiger partial charge in [0.25, 0.3) is 0 Å². The summed E-state index contributed by atoms with van der Waals surface area (Å²) in [7, 11) is 1.93. The van der Waals surface area contributed by atoms with Crippen molar-refractivity contribution in [1.82, 2.24) is 25.4 Å². The van der Waals surface area contributed by atoms with Gasteiger partial charge in [0.05, 0.1) is 18.8 Å². The summed E-state index contributed by atoms with van der Waals surface area (Å²) in [4.78, 5) is 23.4. The number of nitrogens with zero attached hydrogens (tertiary/aromatic N) is 3. The normalized spacial score (nSPS) is 19.2. The molecule has 0 saturated carbocycles.